The molecule has 2 saturated heterocycles. The highest BCUT2D eigenvalue weighted by molar-refractivity contribution is 5.45. The molecule has 1 N–H and O–H groups in total. The quantitative estimate of drug-likeness (QED) is 0.901. The lowest BCUT2D eigenvalue weighted by Gasteiger charge is -2.48. The standard InChI is InChI=1S/C13H17F3N4/c1-2-10-18-9(13(14,15)16)5-11(19-10)20-7-12(8-20)3-4-17-6-12/h5,17H,2-4,6-8H2,1H3. The number of aryl methyl sites for hydroxylation is 1. The van der Waals surface area contributed by atoms with E-state index in [2.05, 4.69) is 15.3 Å². The SMILES string of the molecule is CCc1nc(N2CC3(CCNC3)C2)cc(C(F)(F)F)n1. The molecule has 0 saturated carbocycles. The minimum atomic E-state index is -4.42. The molecule has 0 bridgehead atoms. The van der Waals surface area contributed by atoms with Gasteiger partial charge in [0.1, 0.15) is 17.3 Å². The van der Waals surface area contributed by atoms with Crippen molar-refractivity contribution in [2.24, 2.45) is 5.41 Å². The molecular weight excluding hydrogens is 269 g/mol. The average molecular weight is 286 g/mol. The van der Waals surface area contributed by atoms with Gasteiger partial charge in [0.2, 0.25) is 0 Å². The minimum absolute atomic E-state index is 0.232. The molecule has 0 unspecified atom stereocenters. The lowest BCUT2D eigenvalue weighted by molar-refractivity contribution is -0.141. The van der Waals surface area contributed by atoms with E-state index in [0.717, 1.165) is 38.7 Å². The number of rotatable bonds is 2. The van der Waals surface area contributed by atoms with E-state index in [4.69, 9.17) is 0 Å². The molecule has 20 heavy (non-hydrogen) atoms. The first-order chi connectivity index (χ1) is 9.42. The molecule has 2 aliphatic rings. The fourth-order valence-corrected chi connectivity index (χ4v) is 2.94. The molecule has 0 amide bonds. The highest BCUT2D eigenvalue weighted by Gasteiger charge is 2.46. The number of hydrogen-bond donors (Lipinski definition) is 1. The van der Waals surface area contributed by atoms with Crippen LogP contribution >= 0.6 is 0 Å². The summed E-state index contributed by atoms with van der Waals surface area (Å²) in [4.78, 5) is 9.73. The summed E-state index contributed by atoms with van der Waals surface area (Å²) in [6.07, 6.45) is -2.93. The Kier molecular flexibility index (Phi) is 3.12. The van der Waals surface area contributed by atoms with E-state index in [0.29, 0.717) is 12.2 Å². The second-order valence-electron chi connectivity index (χ2n) is 5.66. The molecule has 0 radical (unpaired) electrons. The third kappa shape index (κ3) is 2.34. The van der Waals surface area contributed by atoms with Gasteiger partial charge in [0, 0.05) is 37.5 Å². The number of halogens is 3. The van der Waals surface area contributed by atoms with Crippen molar-refractivity contribution in [3.8, 4) is 0 Å². The number of nitrogens with zero attached hydrogens (tertiary/aromatic N) is 3. The van der Waals surface area contributed by atoms with Crippen molar-refractivity contribution < 1.29 is 13.2 Å². The zero-order chi connectivity index (χ0) is 14.4. The van der Waals surface area contributed by atoms with Crippen LogP contribution in [0.2, 0.25) is 0 Å². The van der Waals surface area contributed by atoms with Crippen LogP contribution in [0, 0.1) is 5.41 Å². The maximum atomic E-state index is 12.8. The minimum Gasteiger partial charge on any atom is -0.355 e. The van der Waals surface area contributed by atoms with Crippen molar-refractivity contribution in [3.63, 3.8) is 0 Å². The number of aromatic nitrogens is 2. The Bertz CT molecular complexity index is 501. The first-order valence-electron chi connectivity index (χ1n) is 6.83. The number of nitrogens with one attached hydrogen (secondary N) is 1. The van der Waals surface area contributed by atoms with Gasteiger partial charge in [-0.25, -0.2) is 9.97 Å². The van der Waals surface area contributed by atoms with Gasteiger partial charge in [-0.15, -0.1) is 0 Å². The fourth-order valence-electron chi connectivity index (χ4n) is 2.94. The summed E-state index contributed by atoms with van der Waals surface area (Å²) in [5.74, 6) is 0.655. The van der Waals surface area contributed by atoms with Crippen LogP contribution in [0.25, 0.3) is 0 Å². The van der Waals surface area contributed by atoms with Gasteiger partial charge in [0.15, 0.2) is 0 Å². The van der Waals surface area contributed by atoms with E-state index in [9.17, 15) is 13.2 Å². The van der Waals surface area contributed by atoms with E-state index >= 15 is 0 Å². The molecule has 7 heteroatoms. The second-order valence-corrected chi connectivity index (χ2v) is 5.66. The zero-order valence-corrected chi connectivity index (χ0v) is 11.3. The maximum Gasteiger partial charge on any atom is 0.433 e. The molecular formula is C13H17F3N4. The van der Waals surface area contributed by atoms with Crippen molar-refractivity contribution >= 4 is 5.82 Å². The van der Waals surface area contributed by atoms with Crippen molar-refractivity contribution in [3.05, 3.63) is 17.6 Å². The molecule has 2 aliphatic heterocycles. The Hall–Kier alpha value is -1.37. The molecule has 0 aliphatic carbocycles. The van der Waals surface area contributed by atoms with Crippen LogP contribution in [0.5, 0.6) is 0 Å². The highest BCUT2D eigenvalue weighted by Crippen LogP contribution is 2.39. The molecule has 4 nitrogen and oxygen atoms in total. The summed E-state index contributed by atoms with van der Waals surface area (Å²) in [5, 5.41) is 3.31. The van der Waals surface area contributed by atoms with E-state index < -0.39 is 11.9 Å². The van der Waals surface area contributed by atoms with Crippen molar-refractivity contribution in [2.45, 2.75) is 25.9 Å². The molecule has 0 atom stereocenters. The molecule has 1 aromatic heterocycles. The van der Waals surface area contributed by atoms with Gasteiger partial charge in [-0.2, -0.15) is 13.2 Å². The van der Waals surface area contributed by atoms with Gasteiger partial charge in [-0.05, 0) is 13.0 Å². The smallest absolute Gasteiger partial charge is 0.355 e. The van der Waals surface area contributed by atoms with E-state index in [1.807, 2.05) is 4.90 Å². The summed E-state index contributed by atoms with van der Waals surface area (Å²) in [6, 6.07) is 1.06. The Morgan fingerprint density at radius 3 is 2.65 bits per heavy atom. The van der Waals surface area contributed by atoms with Crippen molar-refractivity contribution in [1.29, 1.82) is 0 Å². The lowest BCUT2D eigenvalue weighted by Crippen LogP contribution is -2.58. The molecule has 3 heterocycles. The third-order valence-corrected chi connectivity index (χ3v) is 4.07. The fraction of sp³-hybridized carbons (Fsp3) is 0.692. The first-order valence-corrected chi connectivity index (χ1v) is 6.83. The second kappa shape index (κ2) is 4.58. The van der Waals surface area contributed by atoms with Crippen LogP contribution in [0.15, 0.2) is 6.07 Å². The predicted molar refractivity (Wildman–Crippen MR) is 68.5 cm³/mol. The van der Waals surface area contributed by atoms with Crippen LogP contribution in [-0.2, 0) is 12.6 Å². The summed E-state index contributed by atoms with van der Waals surface area (Å²) in [5.41, 5.74) is -0.611. The lowest BCUT2D eigenvalue weighted by atomic mass is 9.79. The van der Waals surface area contributed by atoms with Crippen LogP contribution in [0.4, 0.5) is 19.0 Å². The maximum absolute atomic E-state index is 12.8. The van der Waals surface area contributed by atoms with Crippen LogP contribution in [-0.4, -0.2) is 36.1 Å². The molecule has 1 aromatic rings. The van der Waals surface area contributed by atoms with Crippen LogP contribution in [0.1, 0.15) is 24.9 Å². The topological polar surface area (TPSA) is 41.1 Å². The van der Waals surface area contributed by atoms with Crippen LogP contribution in [0.3, 0.4) is 0 Å². The average Bonchev–Trinajstić information content (AvgIpc) is 2.84. The number of alkyl halides is 3. The molecule has 2 fully saturated rings. The Morgan fingerprint density at radius 1 is 1.35 bits per heavy atom. The van der Waals surface area contributed by atoms with Gasteiger partial charge in [0.05, 0.1) is 0 Å². The van der Waals surface area contributed by atoms with Crippen molar-refractivity contribution in [2.75, 3.05) is 31.1 Å². The van der Waals surface area contributed by atoms with E-state index in [1.54, 1.807) is 6.92 Å². The van der Waals surface area contributed by atoms with Gasteiger partial charge in [0.25, 0.3) is 0 Å². The highest BCUT2D eigenvalue weighted by atomic mass is 19.4. The normalized spacial score (nSPS) is 21.3. The van der Waals surface area contributed by atoms with Crippen LogP contribution < -0.4 is 10.2 Å². The Labute approximate surface area is 115 Å². The molecule has 0 aromatic carbocycles. The first kappa shape index (κ1) is 13.6. The largest absolute Gasteiger partial charge is 0.433 e. The van der Waals surface area contributed by atoms with Crippen molar-refractivity contribution in [1.82, 2.24) is 15.3 Å². The third-order valence-electron chi connectivity index (χ3n) is 4.07. The number of anilines is 1. The Morgan fingerprint density at radius 2 is 2.10 bits per heavy atom. The predicted octanol–water partition coefficient (Wildman–Crippen LogP) is 1.86. The Balaban J connectivity index is 1.83. The summed E-state index contributed by atoms with van der Waals surface area (Å²) >= 11 is 0. The zero-order valence-electron chi connectivity index (χ0n) is 11.3. The molecule has 110 valence electrons. The van der Waals surface area contributed by atoms with Gasteiger partial charge >= 0.3 is 6.18 Å². The number of hydrogen-bond acceptors (Lipinski definition) is 4. The van der Waals surface area contributed by atoms with Gasteiger partial charge in [-0.3, -0.25) is 0 Å². The monoisotopic (exact) mass is 286 g/mol. The molecule has 1 spiro atoms. The van der Waals surface area contributed by atoms with E-state index in [1.165, 1.54) is 0 Å². The summed E-state index contributed by atoms with van der Waals surface area (Å²) in [7, 11) is 0. The van der Waals surface area contributed by atoms with Gasteiger partial charge in [-0.1, -0.05) is 6.92 Å². The summed E-state index contributed by atoms with van der Waals surface area (Å²) in [6.45, 7) is 5.25. The van der Waals surface area contributed by atoms with E-state index in [-0.39, 0.29) is 11.2 Å². The molecule has 3 rings (SSSR count). The van der Waals surface area contributed by atoms with Gasteiger partial charge < -0.3 is 10.2 Å². The summed E-state index contributed by atoms with van der Waals surface area (Å²) < 4.78 is 38.5.